The molecule has 2 N–H and O–H groups in total. The fourth-order valence-electron chi connectivity index (χ4n) is 1.85. The van der Waals surface area contributed by atoms with Gasteiger partial charge in [0.2, 0.25) is 5.91 Å². The van der Waals surface area contributed by atoms with Crippen LogP contribution in [0.3, 0.4) is 0 Å². The molecular formula is C9H16N2O. The van der Waals surface area contributed by atoms with Crippen molar-refractivity contribution in [3.63, 3.8) is 0 Å². The lowest BCUT2D eigenvalue weighted by Crippen LogP contribution is -2.37. The van der Waals surface area contributed by atoms with Crippen molar-refractivity contribution in [1.82, 2.24) is 4.90 Å². The first-order chi connectivity index (χ1) is 5.79. The van der Waals surface area contributed by atoms with Crippen molar-refractivity contribution in [1.29, 1.82) is 0 Å². The Kier molecular flexibility index (Phi) is 2.05. The van der Waals surface area contributed by atoms with Gasteiger partial charge in [-0.2, -0.15) is 0 Å². The lowest BCUT2D eigenvalue weighted by molar-refractivity contribution is -0.133. The second-order valence-corrected chi connectivity index (χ2v) is 3.89. The molecular weight excluding hydrogens is 152 g/mol. The van der Waals surface area contributed by atoms with Crippen LogP contribution in [-0.4, -0.2) is 29.9 Å². The Balaban J connectivity index is 1.86. The molecule has 1 saturated heterocycles. The summed E-state index contributed by atoms with van der Waals surface area (Å²) in [5.41, 5.74) is 5.63. The molecule has 1 aliphatic heterocycles. The number of hydrogen-bond donors (Lipinski definition) is 1. The largest absolute Gasteiger partial charge is 0.342 e. The number of hydrogen-bond acceptors (Lipinski definition) is 2. The summed E-state index contributed by atoms with van der Waals surface area (Å²) in [6.45, 7) is 1.92. The van der Waals surface area contributed by atoms with E-state index in [1.54, 1.807) is 0 Å². The predicted octanol–water partition coefficient (Wildman–Crippen LogP) is 0.346. The van der Waals surface area contributed by atoms with Crippen molar-refractivity contribution >= 4 is 5.91 Å². The molecule has 3 nitrogen and oxygen atoms in total. The van der Waals surface area contributed by atoms with E-state index in [1.165, 1.54) is 19.3 Å². The smallest absolute Gasteiger partial charge is 0.227 e. The third-order valence-corrected chi connectivity index (χ3v) is 2.82. The number of carbonyl (C=O) groups is 1. The molecule has 2 rings (SSSR count). The number of nitrogens with zero attached hydrogens (tertiary/aromatic N) is 1. The van der Waals surface area contributed by atoms with E-state index in [9.17, 15) is 4.79 Å². The van der Waals surface area contributed by atoms with E-state index < -0.39 is 0 Å². The van der Waals surface area contributed by atoms with Gasteiger partial charge in [0.1, 0.15) is 0 Å². The maximum Gasteiger partial charge on any atom is 0.227 e. The minimum absolute atomic E-state index is 0.166. The van der Waals surface area contributed by atoms with Gasteiger partial charge in [-0.3, -0.25) is 4.79 Å². The van der Waals surface area contributed by atoms with Crippen LogP contribution in [0.2, 0.25) is 0 Å². The summed E-state index contributed by atoms with van der Waals surface area (Å²) in [6.07, 6.45) is 4.54. The van der Waals surface area contributed by atoms with E-state index in [1.807, 2.05) is 4.90 Å². The molecule has 12 heavy (non-hydrogen) atoms. The summed E-state index contributed by atoms with van der Waals surface area (Å²) in [6, 6.07) is 0.166. The first-order valence-corrected chi connectivity index (χ1v) is 4.83. The minimum atomic E-state index is 0.166. The van der Waals surface area contributed by atoms with Crippen LogP contribution in [0.25, 0.3) is 0 Å². The Labute approximate surface area is 72.9 Å². The Morgan fingerprint density at radius 2 is 1.83 bits per heavy atom. The van der Waals surface area contributed by atoms with E-state index in [2.05, 4.69) is 0 Å². The van der Waals surface area contributed by atoms with Gasteiger partial charge in [0.25, 0.3) is 0 Å². The monoisotopic (exact) mass is 168 g/mol. The van der Waals surface area contributed by atoms with Crippen LogP contribution in [0, 0.1) is 5.92 Å². The van der Waals surface area contributed by atoms with Crippen molar-refractivity contribution in [3.05, 3.63) is 0 Å². The molecule has 0 bridgehead atoms. The summed E-state index contributed by atoms with van der Waals surface area (Å²) in [5.74, 6) is 0.477. The topological polar surface area (TPSA) is 46.3 Å². The van der Waals surface area contributed by atoms with Crippen LogP contribution < -0.4 is 5.73 Å². The Hall–Kier alpha value is -0.570. The minimum Gasteiger partial charge on any atom is -0.342 e. The van der Waals surface area contributed by atoms with E-state index in [0.29, 0.717) is 5.91 Å². The van der Waals surface area contributed by atoms with Crippen molar-refractivity contribution in [3.8, 4) is 0 Å². The summed E-state index contributed by atoms with van der Waals surface area (Å²) >= 11 is 0. The summed E-state index contributed by atoms with van der Waals surface area (Å²) in [5, 5.41) is 0. The summed E-state index contributed by atoms with van der Waals surface area (Å²) in [4.78, 5) is 13.6. The van der Waals surface area contributed by atoms with Crippen LogP contribution in [0.15, 0.2) is 0 Å². The highest BCUT2D eigenvalue weighted by atomic mass is 16.2. The van der Waals surface area contributed by atoms with Crippen molar-refractivity contribution < 1.29 is 4.79 Å². The highest BCUT2D eigenvalue weighted by Gasteiger charge is 2.42. The molecule has 0 aromatic rings. The molecule has 2 fully saturated rings. The van der Waals surface area contributed by atoms with E-state index in [4.69, 9.17) is 5.73 Å². The Bertz CT molecular complexity index is 187. The van der Waals surface area contributed by atoms with Gasteiger partial charge in [0.15, 0.2) is 0 Å². The van der Waals surface area contributed by atoms with Crippen LogP contribution in [0.1, 0.15) is 25.7 Å². The molecule has 0 spiro atoms. The second kappa shape index (κ2) is 3.05. The number of carbonyl (C=O) groups excluding carboxylic acids is 1. The van der Waals surface area contributed by atoms with Crippen molar-refractivity contribution in [2.24, 2.45) is 11.7 Å². The molecule has 2 atom stereocenters. The molecule has 1 aliphatic carbocycles. The van der Waals surface area contributed by atoms with Gasteiger partial charge in [-0.25, -0.2) is 0 Å². The normalized spacial score (nSPS) is 34.9. The molecule has 68 valence electrons. The standard InChI is InChI=1S/C9H16N2O/c10-8-6-7(8)9(12)11-4-2-1-3-5-11/h7-8H,1-6,10H2. The number of piperidine rings is 1. The molecule has 3 heteroatoms. The van der Waals surface area contributed by atoms with Gasteiger partial charge in [-0.15, -0.1) is 0 Å². The van der Waals surface area contributed by atoms with Crippen LogP contribution in [-0.2, 0) is 4.79 Å². The highest BCUT2D eigenvalue weighted by Crippen LogP contribution is 2.30. The molecule has 0 radical (unpaired) electrons. The summed E-state index contributed by atoms with van der Waals surface area (Å²) < 4.78 is 0. The number of rotatable bonds is 1. The van der Waals surface area contributed by atoms with E-state index in [-0.39, 0.29) is 12.0 Å². The molecule has 2 unspecified atom stereocenters. The fourth-order valence-corrected chi connectivity index (χ4v) is 1.85. The highest BCUT2D eigenvalue weighted by molar-refractivity contribution is 5.82. The lowest BCUT2D eigenvalue weighted by atomic mass is 10.1. The first-order valence-electron chi connectivity index (χ1n) is 4.83. The molecule has 1 amide bonds. The lowest BCUT2D eigenvalue weighted by Gasteiger charge is -2.26. The van der Waals surface area contributed by atoms with Gasteiger partial charge >= 0.3 is 0 Å². The van der Waals surface area contributed by atoms with Gasteiger partial charge in [0.05, 0.1) is 5.92 Å². The van der Waals surface area contributed by atoms with Gasteiger partial charge in [-0.1, -0.05) is 0 Å². The Morgan fingerprint density at radius 1 is 1.25 bits per heavy atom. The third kappa shape index (κ3) is 1.46. The van der Waals surface area contributed by atoms with Crippen LogP contribution in [0.4, 0.5) is 0 Å². The zero-order valence-electron chi connectivity index (χ0n) is 7.33. The van der Waals surface area contributed by atoms with Gasteiger partial charge in [0, 0.05) is 19.1 Å². The predicted molar refractivity (Wildman–Crippen MR) is 46.5 cm³/mol. The van der Waals surface area contributed by atoms with Gasteiger partial charge in [-0.05, 0) is 25.7 Å². The number of amides is 1. The second-order valence-electron chi connectivity index (χ2n) is 3.89. The van der Waals surface area contributed by atoms with Gasteiger partial charge < -0.3 is 10.6 Å². The zero-order chi connectivity index (χ0) is 8.55. The molecule has 1 heterocycles. The average molecular weight is 168 g/mol. The quantitative estimate of drug-likeness (QED) is 0.614. The molecule has 0 aromatic heterocycles. The average Bonchev–Trinajstić information content (AvgIpc) is 2.83. The Morgan fingerprint density at radius 3 is 2.33 bits per heavy atom. The van der Waals surface area contributed by atoms with Crippen molar-refractivity contribution in [2.75, 3.05) is 13.1 Å². The van der Waals surface area contributed by atoms with Crippen LogP contribution in [0.5, 0.6) is 0 Å². The van der Waals surface area contributed by atoms with Crippen LogP contribution >= 0.6 is 0 Å². The summed E-state index contributed by atoms with van der Waals surface area (Å²) in [7, 11) is 0. The molecule has 2 aliphatic rings. The maximum absolute atomic E-state index is 11.6. The molecule has 1 saturated carbocycles. The molecule has 0 aromatic carbocycles. The SMILES string of the molecule is NC1CC1C(=O)N1CCCCC1. The third-order valence-electron chi connectivity index (χ3n) is 2.82. The number of likely N-dealkylation sites (tertiary alicyclic amines) is 1. The fraction of sp³-hybridized carbons (Fsp3) is 0.889. The van der Waals surface area contributed by atoms with Crippen molar-refractivity contribution in [2.45, 2.75) is 31.7 Å². The number of nitrogens with two attached hydrogens (primary N) is 1. The first kappa shape index (κ1) is 8.05. The van der Waals surface area contributed by atoms with E-state index >= 15 is 0 Å². The zero-order valence-corrected chi connectivity index (χ0v) is 7.33. The maximum atomic E-state index is 11.6. The van der Waals surface area contributed by atoms with E-state index in [0.717, 1.165) is 19.5 Å².